The molecule has 0 atom stereocenters. The molecular weight excluding hydrogens is 275 g/mol. The summed E-state index contributed by atoms with van der Waals surface area (Å²) in [7, 11) is 1.58. The molecule has 1 fully saturated rings. The fourth-order valence-electron chi connectivity index (χ4n) is 3.71. The Morgan fingerprint density at radius 2 is 1.73 bits per heavy atom. The summed E-state index contributed by atoms with van der Waals surface area (Å²) in [5.41, 5.74) is 0.839. The van der Waals surface area contributed by atoms with Crippen LogP contribution in [0.15, 0.2) is 18.2 Å². The van der Waals surface area contributed by atoms with Crippen molar-refractivity contribution >= 4 is 0 Å². The maximum atomic E-state index is 13.9. The van der Waals surface area contributed by atoms with Gasteiger partial charge in [0.1, 0.15) is 11.6 Å². The third-order valence-corrected chi connectivity index (χ3v) is 5.26. The Morgan fingerprint density at radius 3 is 2.32 bits per heavy atom. The summed E-state index contributed by atoms with van der Waals surface area (Å²) >= 11 is 0. The molecule has 1 aromatic carbocycles. The van der Waals surface area contributed by atoms with Crippen LogP contribution in [0.3, 0.4) is 0 Å². The van der Waals surface area contributed by atoms with Gasteiger partial charge in [-0.05, 0) is 36.3 Å². The molecule has 2 heteroatoms. The van der Waals surface area contributed by atoms with E-state index in [2.05, 4.69) is 6.92 Å². The summed E-state index contributed by atoms with van der Waals surface area (Å²) in [5, 5.41) is 0. The normalized spacial score (nSPS) is 21.8. The smallest absolute Gasteiger partial charge is 0.130 e. The number of hydrogen-bond donors (Lipinski definition) is 0. The lowest BCUT2D eigenvalue weighted by atomic mass is 9.78. The molecule has 0 spiro atoms. The zero-order valence-electron chi connectivity index (χ0n) is 14.2. The molecule has 1 saturated carbocycles. The van der Waals surface area contributed by atoms with Gasteiger partial charge in [0.05, 0.1) is 7.11 Å². The Labute approximate surface area is 135 Å². The van der Waals surface area contributed by atoms with E-state index in [-0.39, 0.29) is 5.82 Å². The number of methoxy groups -OCH3 is 1. The fraction of sp³-hybridized carbons (Fsp3) is 0.700. The summed E-state index contributed by atoms with van der Waals surface area (Å²) in [6, 6.07) is 5.24. The number of unbranched alkanes of at least 4 members (excludes halogenated alkanes) is 2. The van der Waals surface area contributed by atoms with Gasteiger partial charge in [0.25, 0.3) is 0 Å². The average Bonchev–Trinajstić information content (AvgIpc) is 2.55. The fourth-order valence-corrected chi connectivity index (χ4v) is 3.71. The molecule has 1 nitrogen and oxygen atoms in total. The molecule has 124 valence electrons. The lowest BCUT2D eigenvalue weighted by molar-refractivity contribution is 0.248. The van der Waals surface area contributed by atoms with Gasteiger partial charge in [-0.3, -0.25) is 0 Å². The van der Waals surface area contributed by atoms with Gasteiger partial charge in [-0.15, -0.1) is 0 Å². The van der Waals surface area contributed by atoms with Crippen LogP contribution in [0, 0.1) is 17.7 Å². The van der Waals surface area contributed by atoms with Gasteiger partial charge in [0.15, 0.2) is 0 Å². The second-order valence-corrected chi connectivity index (χ2v) is 6.88. The van der Waals surface area contributed by atoms with Crippen molar-refractivity contribution in [1.82, 2.24) is 0 Å². The van der Waals surface area contributed by atoms with Gasteiger partial charge < -0.3 is 4.74 Å². The first-order valence-corrected chi connectivity index (χ1v) is 9.05. The van der Waals surface area contributed by atoms with Crippen molar-refractivity contribution in [3.05, 3.63) is 29.6 Å². The Hall–Kier alpha value is -1.05. The molecule has 0 radical (unpaired) electrons. The first-order valence-electron chi connectivity index (χ1n) is 9.05. The zero-order chi connectivity index (χ0) is 15.8. The molecule has 0 N–H and O–H groups in total. The van der Waals surface area contributed by atoms with E-state index in [1.165, 1.54) is 57.4 Å². The van der Waals surface area contributed by atoms with Crippen molar-refractivity contribution in [3.8, 4) is 5.75 Å². The highest BCUT2D eigenvalue weighted by Gasteiger charge is 2.21. The maximum absolute atomic E-state index is 13.9. The third kappa shape index (κ3) is 5.30. The van der Waals surface area contributed by atoms with Crippen LogP contribution in [-0.2, 0) is 6.42 Å². The number of aryl methyl sites for hydroxylation is 1. The lowest BCUT2D eigenvalue weighted by Crippen LogP contribution is -2.15. The van der Waals surface area contributed by atoms with E-state index >= 15 is 0 Å². The van der Waals surface area contributed by atoms with E-state index in [1.807, 2.05) is 12.1 Å². The van der Waals surface area contributed by atoms with Crippen LogP contribution < -0.4 is 4.74 Å². The summed E-state index contributed by atoms with van der Waals surface area (Å²) in [4.78, 5) is 0. The van der Waals surface area contributed by atoms with E-state index in [1.54, 1.807) is 7.11 Å². The van der Waals surface area contributed by atoms with Crippen molar-refractivity contribution in [3.63, 3.8) is 0 Å². The third-order valence-electron chi connectivity index (χ3n) is 5.26. The molecule has 1 aliphatic carbocycles. The Balaban J connectivity index is 1.70. The van der Waals surface area contributed by atoms with Gasteiger partial charge in [-0.25, -0.2) is 4.39 Å². The predicted molar refractivity (Wildman–Crippen MR) is 90.9 cm³/mol. The molecule has 0 heterocycles. The van der Waals surface area contributed by atoms with Crippen molar-refractivity contribution in [2.75, 3.05) is 7.11 Å². The standard InChI is InChI=1S/C20H31FO/c1-3-4-5-6-16-7-9-17(10-8-16)11-12-18-13-14-19(22-2)15-20(18)21/h13-17H,3-12H2,1-2H3. The van der Waals surface area contributed by atoms with Crippen molar-refractivity contribution in [2.45, 2.75) is 71.1 Å². The van der Waals surface area contributed by atoms with Crippen molar-refractivity contribution in [2.24, 2.45) is 11.8 Å². The van der Waals surface area contributed by atoms with E-state index < -0.39 is 0 Å². The quantitative estimate of drug-likeness (QED) is 0.523. The molecule has 0 amide bonds. The zero-order valence-corrected chi connectivity index (χ0v) is 14.2. The van der Waals surface area contributed by atoms with Gasteiger partial charge in [0.2, 0.25) is 0 Å². The second kappa shape index (κ2) is 9.17. The molecule has 1 aliphatic rings. The Morgan fingerprint density at radius 1 is 1.05 bits per heavy atom. The molecule has 0 unspecified atom stereocenters. The Bertz CT molecular complexity index is 435. The molecule has 22 heavy (non-hydrogen) atoms. The molecule has 0 bridgehead atoms. The topological polar surface area (TPSA) is 9.23 Å². The van der Waals surface area contributed by atoms with Gasteiger partial charge in [0, 0.05) is 6.07 Å². The minimum absolute atomic E-state index is 0.118. The molecule has 0 aromatic heterocycles. The van der Waals surface area contributed by atoms with Crippen LogP contribution in [-0.4, -0.2) is 7.11 Å². The summed E-state index contributed by atoms with van der Waals surface area (Å²) in [5.74, 6) is 2.24. The van der Waals surface area contributed by atoms with Gasteiger partial charge >= 0.3 is 0 Å². The molecule has 0 saturated heterocycles. The van der Waals surface area contributed by atoms with Crippen LogP contribution >= 0.6 is 0 Å². The SMILES string of the molecule is CCCCCC1CCC(CCc2ccc(OC)cc2F)CC1. The molecule has 1 aromatic rings. The first kappa shape index (κ1) is 17.3. The van der Waals surface area contributed by atoms with Crippen LogP contribution in [0.5, 0.6) is 5.75 Å². The van der Waals surface area contributed by atoms with Crippen molar-refractivity contribution in [1.29, 1.82) is 0 Å². The van der Waals surface area contributed by atoms with E-state index in [0.29, 0.717) is 5.75 Å². The molecule has 0 aliphatic heterocycles. The number of hydrogen-bond acceptors (Lipinski definition) is 1. The van der Waals surface area contributed by atoms with E-state index in [9.17, 15) is 4.39 Å². The van der Waals surface area contributed by atoms with Gasteiger partial charge in [-0.2, -0.15) is 0 Å². The predicted octanol–water partition coefficient (Wildman–Crippen LogP) is 6.15. The Kier molecular flexibility index (Phi) is 7.21. The summed E-state index contributed by atoms with van der Waals surface area (Å²) in [6.45, 7) is 2.27. The highest BCUT2D eigenvalue weighted by molar-refractivity contribution is 5.28. The largest absolute Gasteiger partial charge is 0.497 e. The van der Waals surface area contributed by atoms with Crippen LogP contribution in [0.4, 0.5) is 4.39 Å². The van der Waals surface area contributed by atoms with Crippen LogP contribution in [0.1, 0.15) is 70.3 Å². The average molecular weight is 306 g/mol. The molecular formula is C20H31FO. The highest BCUT2D eigenvalue weighted by Crippen LogP contribution is 2.34. The first-order chi connectivity index (χ1) is 10.7. The lowest BCUT2D eigenvalue weighted by Gasteiger charge is -2.28. The number of benzene rings is 1. The van der Waals surface area contributed by atoms with E-state index in [0.717, 1.165) is 30.2 Å². The minimum atomic E-state index is -0.118. The number of rotatable bonds is 8. The summed E-state index contributed by atoms with van der Waals surface area (Å²) < 4.78 is 19.0. The van der Waals surface area contributed by atoms with Crippen LogP contribution in [0.25, 0.3) is 0 Å². The second-order valence-electron chi connectivity index (χ2n) is 6.88. The highest BCUT2D eigenvalue weighted by atomic mass is 19.1. The maximum Gasteiger partial charge on any atom is 0.130 e. The minimum Gasteiger partial charge on any atom is -0.497 e. The van der Waals surface area contributed by atoms with Crippen LogP contribution in [0.2, 0.25) is 0 Å². The molecule has 2 rings (SSSR count). The van der Waals surface area contributed by atoms with E-state index in [4.69, 9.17) is 4.74 Å². The van der Waals surface area contributed by atoms with Crippen molar-refractivity contribution < 1.29 is 9.13 Å². The van der Waals surface area contributed by atoms with Gasteiger partial charge in [-0.1, -0.05) is 64.4 Å². The number of ether oxygens (including phenoxy) is 1. The summed E-state index contributed by atoms with van der Waals surface area (Å²) in [6.07, 6.45) is 13.0. The number of halogens is 1. The monoisotopic (exact) mass is 306 g/mol.